The van der Waals surface area contributed by atoms with Gasteiger partial charge in [0.15, 0.2) is 0 Å². The molecule has 1 atom stereocenters. The van der Waals surface area contributed by atoms with Gasteiger partial charge in [0.2, 0.25) is 0 Å². The highest BCUT2D eigenvalue weighted by atomic mass is 79.9. The molecule has 1 aromatic carbocycles. The van der Waals surface area contributed by atoms with E-state index in [1.54, 1.807) is 0 Å². The Labute approximate surface area is 116 Å². The predicted octanol–water partition coefficient (Wildman–Crippen LogP) is 5.75. The van der Waals surface area contributed by atoms with Crippen molar-refractivity contribution in [3.8, 4) is 0 Å². The smallest absolute Gasteiger partial charge is 0.0210 e. The third-order valence-corrected chi connectivity index (χ3v) is 4.37. The molecule has 1 unspecified atom stereocenters. The van der Waals surface area contributed by atoms with E-state index in [9.17, 15) is 0 Å². The molecule has 0 bridgehead atoms. The van der Waals surface area contributed by atoms with Crippen molar-refractivity contribution in [2.24, 2.45) is 5.92 Å². The van der Waals surface area contributed by atoms with E-state index in [1.165, 1.54) is 29.3 Å². The van der Waals surface area contributed by atoms with Gasteiger partial charge in [0.05, 0.1) is 0 Å². The fourth-order valence-electron chi connectivity index (χ4n) is 1.89. The van der Waals surface area contributed by atoms with E-state index in [0.717, 1.165) is 11.2 Å². The number of alkyl halides is 1. The summed E-state index contributed by atoms with van der Waals surface area (Å²) in [5, 5.41) is 1.05. The van der Waals surface area contributed by atoms with Crippen LogP contribution in [0.4, 0.5) is 0 Å². The summed E-state index contributed by atoms with van der Waals surface area (Å²) in [5.41, 5.74) is 1.43. The van der Waals surface area contributed by atoms with Crippen LogP contribution in [0.1, 0.15) is 44.6 Å². The molecule has 2 heteroatoms. The van der Waals surface area contributed by atoms with Crippen molar-refractivity contribution in [2.45, 2.75) is 39.0 Å². The highest BCUT2D eigenvalue weighted by molar-refractivity contribution is 9.10. The van der Waals surface area contributed by atoms with Crippen LogP contribution in [0.3, 0.4) is 0 Å². The lowest BCUT2D eigenvalue weighted by Crippen LogP contribution is -2.02. The van der Waals surface area contributed by atoms with E-state index in [4.69, 9.17) is 0 Å². The molecule has 0 N–H and O–H groups in total. The van der Waals surface area contributed by atoms with Crippen LogP contribution < -0.4 is 0 Å². The average molecular weight is 348 g/mol. The lowest BCUT2D eigenvalue weighted by atomic mass is 9.93. The first-order valence-electron chi connectivity index (χ1n) is 5.95. The summed E-state index contributed by atoms with van der Waals surface area (Å²) in [6, 6.07) is 8.56. The topological polar surface area (TPSA) is 0 Å². The highest BCUT2D eigenvalue weighted by Crippen LogP contribution is 2.30. The second-order valence-electron chi connectivity index (χ2n) is 4.70. The lowest BCUT2D eigenvalue weighted by molar-refractivity contribution is 0.515. The molecule has 16 heavy (non-hydrogen) atoms. The van der Waals surface area contributed by atoms with Gasteiger partial charge in [0.25, 0.3) is 0 Å². The molecule has 0 saturated heterocycles. The number of halogens is 2. The van der Waals surface area contributed by atoms with E-state index >= 15 is 0 Å². The van der Waals surface area contributed by atoms with Gasteiger partial charge in [-0.1, -0.05) is 76.7 Å². The Kier molecular flexibility index (Phi) is 6.67. The zero-order valence-electron chi connectivity index (χ0n) is 10.0. The van der Waals surface area contributed by atoms with Gasteiger partial charge in [-0.2, -0.15) is 0 Å². The van der Waals surface area contributed by atoms with Crippen molar-refractivity contribution in [2.75, 3.05) is 5.33 Å². The fraction of sp³-hybridized carbons (Fsp3) is 0.571. The van der Waals surface area contributed by atoms with Gasteiger partial charge >= 0.3 is 0 Å². The Morgan fingerprint density at radius 3 is 2.38 bits per heavy atom. The second kappa shape index (κ2) is 7.50. The van der Waals surface area contributed by atoms with Gasteiger partial charge in [-0.25, -0.2) is 0 Å². The van der Waals surface area contributed by atoms with Crippen LogP contribution in [0.2, 0.25) is 0 Å². The number of benzene rings is 1. The monoisotopic (exact) mass is 346 g/mol. The van der Waals surface area contributed by atoms with Crippen molar-refractivity contribution in [3.63, 3.8) is 0 Å². The maximum Gasteiger partial charge on any atom is 0.0210 e. The van der Waals surface area contributed by atoms with Gasteiger partial charge in [-0.3, -0.25) is 0 Å². The molecule has 1 aromatic rings. The summed E-state index contributed by atoms with van der Waals surface area (Å²) in [6.07, 6.45) is 3.91. The van der Waals surface area contributed by atoms with Crippen LogP contribution in [0.15, 0.2) is 28.7 Å². The minimum Gasteiger partial charge on any atom is -0.0921 e. The van der Waals surface area contributed by atoms with Gasteiger partial charge in [0.1, 0.15) is 0 Å². The van der Waals surface area contributed by atoms with Crippen LogP contribution in [-0.2, 0) is 0 Å². The average Bonchev–Trinajstić information content (AvgIpc) is 2.25. The minimum absolute atomic E-state index is 0.634. The molecule has 0 aliphatic rings. The van der Waals surface area contributed by atoms with Crippen LogP contribution in [0.25, 0.3) is 0 Å². The SMILES string of the molecule is CC(C)CCCC(CBr)c1ccccc1Br. The molecule has 0 heterocycles. The third-order valence-electron chi connectivity index (χ3n) is 2.87. The molecule has 0 fully saturated rings. The first-order chi connectivity index (χ1) is 7.65. The quantitative estimate of drug-likeness (QED) is 0.574. The van der Waals surface area contributed by atoms with E-state index in [1.807, 2.05) is 0 Å². The zero-order valence-corrected chi connectivity index (χ0v) is 13.2. The summed E-state index contributed by atoms with van der Waals surface area (Å²) in [7, 11) is 0. The minimum atomic E-state index is 0.634. The molecule has 0 amide bonds. The maximum absolute atomic E-state index is 3.64. The zero-order chi connectivity index (χ0) is 12.0. The largest absolute Gasteiger partial charge is 0.0921 e. The van der Waals surface area contributed by atoms with Gasteiger partial charge in [-0.05, 0) is 29.9 Å². The van der Waals surface area contributed by atoms with Crippen LogP contribution >= 0.6 is 31.9 Å². The number of hydrogen-bond donors (Lipinski definition) is 0. The van der Waals surface area contributed by atoms with Crippen molar-refractivity contribution in [1.82, 2.24) is 0 Å². The lowest BCUT2D eigenvalue weighted by Gasteiger charge is -2.16. The molecule has 1 rings (SSSR count). The van der Waals surface area contributed by atoms with Gasteiger partial charge in [0, 0.05) is 9.80 Å². The Hall–Kier alpha value is 0.180. The van der Waals surface area contributed by atoms with Crippen LogP contribution in [-0.4, -0.2) is 5.33 Å². The second-order valence-corrected chi connectivity index (χ2v) is 6.20. The molecule has 0 aliphatic carbocycles. The third kappa shape index (κ3) is 4.58. The first kappa shape index (κ1) is 14.2. The van der Waals surface area contributed by atoms with E-state index in [0.29, 0.717) is 5.92 Å². The molecule has 0 spiro atoms. The predicted molar refractivity (Wildman–Crippen MR) is 79.4 cm³/mol. The molecular formula is C14H20Br2. The maximum atomic E-state index is 3.64. The molecular weight excluding hydrogens is 328 g/mol. The van der Waals surface area contributed by atoms with Crippen molar-refractivity contribution < 1.29 is 0 Å². The molecule has 0 saturated carbocycles. The Morgan fingerprint density at radius 2 is 1.81 bits per heavy atom. The summed E-state index contributed by atoms with van der Waals surface area (Å²) in [4.78, 5) is 0. The summed E-state index contributed by atoms with van der Waals surface area (Å²) in [6.45, 7) is 4.59. The Balaban J connectivity index is 2.57. The van der Waals surface area contributed by atoms with Crippen LogP contribution in [0, 0.1) is 5.92 Å². The molecule has 0 radical (unpaired) electrons. The number of rotatable bonds is 6. The number of hydrogen-bond acceptors (Lipinski definition) is 0. The summed E-state index contributed by atoms with van der Waals surface area (Å²) < 4.78 is 1.24. The Bertz CT molecular complexity index is 307. The van der Waals surface area contributed by atoms with Gasteiger partial charge < -0.3 is 0 Å². The van der Waals surface area contributed by atoms with Gasteiger partial charge in [-0.15, -0.1) is 0 Å². The molecule has 0 aromatic heterocycles. The normalized spacial score (nSPS) is 13.1. The summed E-state index contributed by atoms with van der Waals surface area (Å²) in [5.74, 6) is 1.45. The Morgan fingerprint density at radius 1 is 1.12 bits per heavy atom. The van der Waals surface area contributed by atoms with Crippen molar-refractivity contribution >= 4 is 31.9 Å². The molecule has 90 valence electrons. The molecule has 0 aliphatic heterocycles. The standard InChI is InChI=1S/C14H20Br2/c1-11(2)6-5-7-12(10-15)13-8-3-4-9-14(13)16/h3-4,8-9,11-12H,5-7,10H2,1-2H3. The fourth-order valence-corrected chi connectivity index (χ4v) is 3.18. The molecule has 0 nitrogen and oxygen atoms in total. The van der Waals surface area contributed by atoms with E-state index in [-0.39, 0.29) is 0 Å². The van der Waals surface area contributed by atoms with E-state index < -0.39 is 0 Å². The summed E-state index contributed by atoms with van der Waals surface area (Å²) >= 11 is 7.27. The van der Waals surface area contributed by atoms with Crippen molar-refractivity contribution in [1.29, 1.82) is 0 Å². The highest BCUT2D eigenvalue weighted by Gasteiger charge is 2.12. The van der Waals surface area contributed by atoms with Crippen LogP contribution in [0.5, 0.6) is 0 Å². The first-order valence-corrected chi connectivity index (χ1v) is 7.87. The van der Waals surface area contributed by atoms with E-state index in [2.05, 4.69) is 70.0 Å². The van der Waals surface area contributed by atoms with Crippen molar-refractivity contribution in [3.05, 3.63) is 34.3 Å².